The van der Waals surface area contributed by atoms with E-state index >= 15 is 0 Å². The number of sulfonamides is 1. The first-order chi connectivity index (χ1) is 14.2. The van der Waals surface area contributed by atoms with E-state index in [1.165, 1.54) is 10.4 Å². The Morgan fingerprint density at radius 2 is 1.93 bits per heavy atom. The third-order valence-electron chi connectivity index (χ3n) is 4.46. The van der Waals surface area contributed by atoms with Crippen molar-refractivity contribution in [3.8, 4) is 0 Å². The maximum atomic E-state index is 13.5. The largest absolute Gasteiger partial charge is 0.355 e. The van der Waals surface area contributed by atoms with E-state index in [1.54, 1.807) is 55.1 Å². The van der Waals surface area contributed by atoms with Gasteiger partial charge in [-0.05, 0) is 42.7 Å². The minimum absolute atomic E-state index is 0.141. The van der Waals surface area contributed by atoms with Crippen molar-refractivity contribution in [1.82, 2.24) is 5.32 Å². The zero-order valence-corrected chi connectivity index (χ0v) is 19.4. The molecule has 30 heavy (non-hydrogen) atoms. The van der Waals surface area contributed by atoms with Crippen LogP contribution in [0.3, 0.4) is 0 Å². The maximum Gasteiger partial charge on any atom is 0.232 e. The molecule has 5 nitrogen and oxygen atoms in total. The molecule has 0 bridgehead atoms. The Labute approximate surface area is 187 Å². The third-order valence-corrected chi connectivity index (χ3v) is 7.05. The molecule has 0 aromatic heterocycles. The van der Waals surface area contributed by atoms with E-state index in [4.69, 9.17) is 11.6 Å². The normalized spacial score (nSPS) is 11.3. The van der Waals surface area contributed by atoms with Crippen LogP contribution in [0, 0.1) is 12.7 Å². The number of nitrogens with zero attached hydrogens (tertiary/aromatic N) is 1. The lowest BCUT2D eigenvalue weighted by molar-refractivity contribution is -0.121. The minimum atomic E-state index is -3.50. The second kappa shape index (κ2) is 11.6. The van der Waals surface area contributed by atoms with Crippen LogP contribution in [0.4, 0.5) is 10.1 Å². The molecule has 0 spiro atoms. The summed E-state index contributed by atoms with van der Waals surface area (Å²) in [6.45, 7) is 2.43. The van der Waals surface area contributed by atoms with Crippen LogP contribution in [0.15, 0.2) is 42.5 Å². The number of nitrogens with one attached hydrogen (secondary N) is 1. The molecule has 164 valence electrons. The molecule has 0 heterocycles. The summed E-state index contributed by atoms with van der Waals surface area (Å²) in [5.74, 6) is 0.847. The number of carbonyl (C=O) groups is 1. The van der Waals surface area contributed by atoms with Gasteiger partial charge in [-0.2, -0.15) is 11.8 Å². The summed E-state index contributed by atoms with van der Waals surface area (Å²) in [6.07, 6.45) is 1.73. The average Bonchev–Trinajstić information content (AvgIpc) is 2.68. The van der Waals surface area contributed by atoms with Gasteiger partial charge in [-0.15, -0.1) is 0 Å². The van der Waals surface area contributed by atoms with Crippen molar-refractivity contribution < 1.29 is 17.6 Å². The lowest BCUT2D eigenvalue weighted by atomic mass is 10.2. The molecule has 2 rings (SSSR count). The molecule has 1 amide bonds. The SMILES string of the molecule is Cc1c(Cl)cccc1N(CCCC(=O)NCCSCc1ccccc1F)S(C)(=O)=O. The van der Waals surface area contributed by atoms with E-state index in [1.807, 2.05) is 0 Å². The first kappa shape index (κ1) is 24.5. The van der Waals surface area contributed by atoms with Gasteiger partial charge in [-0.3, -0.25) is 9.10 Å². The van der Waals surface area contributed by atoms with E-state index in [-0.39, 0.29) is 24.7 Å². The summed E-state index contributed by atoms with van der Waals surface area (Å²) in [5.41, 5.74) is 1.85. The Hall–Kier alpha value is -1.77. The Morgan fingerprint density at radius 3 is 2.63 bits per heavy atom. The molecule has 9 heteroatoms. The van der Waals surface area contributed by atoms with Crippen LogP contribution in [0.2, 0.25) is 5.02 Å². The third kappa shape index (κ3) is 7.49. The molecular weight excluding hydrogens is 447 g/mol. The maximum absolute atomic E-state index is 13.5. The first-order valence-corrected chi connectivity index (χ1v) is 12.9. The van der Waals surface area contributed by atoms with Crippen molar-refractivity contribution >= 4 is 45.0 Å². The lowest BCUT2D eigenvalue weighted by Crippen LogP contribution is -2.33. The van der Waals surface area contributed by atoms with Gasteiger partial charge in [0.05, 0.1) is 11.9 Å². The van der Waals surface area contributed by atoms with Crippen LogP contribution in [-0.2, 0) is 20.6 Å². The van der Waals surface area contributed by atoms with Crippen LogP contribution >= 0.6 is 23.4 Å². The molecular formula is C21H26ClFN2O3S2. The van der Waals surface area contributed by atoms with Crippen molar-refractivity contribution in [3.05, 3.63) is 64.4 Å². The predicted octanol–water partition coefficient (Wildman–Crippen LogP) is 4.38. The van der Waals surface area contributed by atoms with Gasteiger partial charge in [0.15, 0.2) is 0 Å². The van der Waals surface area contributed by atoms with Crippen molar-refractivity contribution in [3.63, 3.8) is 0 Å². The molecule has 2 aromatic carbocycles. The van der Waals surface area contributed by atoms with Crippen LogP contribution in [0.5, 0.6) is 0 Å². The number of anilines is 1. The van der Waals surface area contributed by atoms with Gasteiger partial charge in [0.2, 0.25) is 15.9 Å². The van der Waals surface area contributed by atoms with Crippen molar-refractivity contribution in [2.75, 3.05) is 29.4 Å². The predicted molar refractivity (Wildman–Crippen MR) is 123 cm³/mol. The quantitative estimate of drug-likeness (QED) is 0.493. The lowest BCUT2D eigenvalue weighted by Gasteiger charge is -2.24. The molecule has 0 aliphatic carbocycles. The Morgan fingerprint density at radius 1 is 1.20 bits per heavy atom. The first-order valence-electron chi connectivity index (χ1n) is 9.51. The molecule has 0 aliphatic heterocycles. The molecule has 0 saturated heterocycles. The standard InChI is InChI=1S/C21H26ClFN2O3S2/c1-16-18(22)8-5-10-20(16)25(30(2,27)28)13-6-11-21(26)24-12-14-29-15-17-7-3-4-9-19(17)23/h3-5,7-10H,6,11-15H2,1-2H3,(H,24,26). The summed E-state index contributed by atoms with van der Waals surface area (Å²) in [6, 6.07) is 11.7. The molecule has 0 radical (unpaired) electrons. The van der Waals surface area contributed by atoms with Gasteiger partial charge in [0.1, 0.15) is 5.82 Å². The summed E-state index contributed by atoms with van der Waals surface area (Å²) in [5, 5.41) is 3.31. The molecule has 0 saturated carbocycles. The van der Waals surface area contributed by atoms with Gasteiger partial charge in [-0.1, -0.05) is 35.9 Å². The van der Waals surface area contributed by atoms with E-state index in [2.05, 4.69) is 5.32 Å². The fourth-order valence-corrected chi connectivity index (χ4v) is 4.89. The summed E-state index contributed by atoms with van der Waals surface area (Å²) in [7, 11) is -3.50. The van der Waals surface area contributed by atoms with Crippen LogP contribution in [0.1, 0.15) is 24.0 Å². The average molecular weight is 473 g/mol. The smallest absolute Gasteiger partial charge is 0.232 e. The minimum Gasteiger partial charge on any atom is -0.355 e. The highest BCUT2D eigenvalue weighted by Crippen LogP contribution is 2.28. The Balaban J connectivity index is 1.75. The number of carbonyl (C=O) groups excluding carboxylic acids is 1. The highest BCUT2D eigenvalue weighted by molar-refractivity contribution is 7.98. The van der Waals surface area contributed by atoms with Gasteiger partial charge in [-0.25, -0.2) is 12.8 Å². The number of hydrogen-bond acceptors (Lipinski definition) is 4. The summed E-state index contributed by atoms with van der Waals surface area (Å²) in [4.78, 5) is 12.0. The zero-order valence-electron chi connectivity index (χ0n) is 17.0. The monoisotopic (exact) mass is 472 g/mol. The fourth-order valence-electron chi connectivity index (χ4n) is 2.86. The molecule has 0 fully saturated rings. The Kier molecular flexibility index (Phi) is 9.45. The Bertz CT molecular complexity index is 970. The van der Waals surface area contributed by atoms with Crippen LogP contribution < -0.4 is 9.62 Å². The fraction of sp³-hybridized carbons (Fsp3) is 0.381. The van der Waals surface area contributed by atoms with Gasteiger partial charge in [0.25, 0.3) is 0 Å². The highest BCUT2D eigenvalue weighted by Gasteiger charge is 2.20. The van der Waals surface area contributed by atoms with Crippen molar-refractivity contribution in [1.29, 1.82) is 0 Å². The van der Waals surface area contributed by atoms with Crippen LogP contribution in [0.25, 0.3) is 0 Å². The summed E-state index contributed by atoms with van der Waals surface area (Å²) >= 11 is 7.65. The number of hydrogen-bond donors (Lipinski definition) is 1. The zero-order chi connectivity index (χ0) is 22.1. The van der Waals surface area contributed by atoms with Gasteiger partial charge < -0.3 is 5.32 Å². The highest BCUT2D eigenvalue weighted by atomic mass is 35.5. The molecule has 0 atom stereocenters. The van der Waals surface area contributed by atoms with Gasteiger partial charge in [0, 0.05) is 36.0 Å². The number of rotatable bonds is 11. The molecule has 1 N–H and O–H groups in total. The molecule has 2 aromatic rings. The van der Waals surface area contributed by atoms with Gasteiger partial charge >= 0.3 is 0 Å². The summed E-state index contributed by atoms with van der Waals surface area (Å²) < 4.78 is 39.2. The second-order valence-corrected chi connectivity index (χ2v) is 10.2. The van der Waals surface area contributed by atoms with Crippen molar-refractivity contribution in [2.24, 2.45) is 0 Å². The number of thioether (sulfide) groups is 1. The van der Waals surface area contributed by atoms with Crippen molar-refractivity contribution in [2.45, 2.75) is 25.5 Å². The molecule has 0 aliphatic rings. The van der Waals surface area contributed by atoms with E-state index < -0.39 is 10.0 Å². The topological polar surface area (TPSA) is 66.5 Å². The number of benzene rings is 2. The molecule has 0 unspecified atom stereocenters. The number of amides is 1. The van der Waals surface area contributed by atoms with E-state index in [0.29, 0.717) is 46.3 Å². The van der Waals surface area contributed by atoms with Crippen LogP contribution in [-0.4, -0.2) is 39.4 Å². The second-order valence-electron chi connectivity index (χ2n) is 6.82. The van der Waals surface area contributed by atoms with E-state index in [0.717, 1.165) is 6.26 Å². The van der Waals surface area contributed by atoms with E-state index in [9.17, 15) is 17.6 Å². The number of halogens is 2.